The number of ether oxygens (including phenoxy) is 1. The molecule has 1 unspecified atom stereocenters. The zero-order chi connectivity index (χ0) is 24.7. The van der Waals surface area contributed by atoms with Crippen LogP contribution in [0, 0.1) is 11.3 Å². The molecule has 1 aliphatic rings. The quantitative estimate of drug-likeness (QED) is 0.543. The van der Waals surface area contributed by atoms with Crippen LogP contribution >= 0.6 is 0 Å². The van der Waals surface area contributed by atoms with Crippen molar-refractivity contribution in [3.8, 4) is 11.8 Å². The van der Waals surface area contributed by atoms with Crippen LogP contribution in [0.3, 0.4) is 0 Å². The fraction of sp³-hybridized carbons (Fsp3) is 0.136. The van der Waals surface area contributed by atoms with Gasteiger partial charge in [0.15, 0.2) is 0 Å². The Morgan fingerprint density at radius 1 is 1.15 bits per heavy atom. The number of nitriles is 1. The topological polar surface area (TPSA) is 116 Å². The van der Waals surface area contributed by atoms with Gasteiger partial charge in [0.1, 0.15) is 24.0 Å². The van der Waals surface area contributed by atoms with E-state index in [9.17, 15) is 31.4 Å². The molecule has 2 heterocycles. The van der Waals surface area contributed by atoms with Crippen LogP contribution < -0.4 is 9.64 Å². The number of nitrogens with zero attached hydrogens (tertiary/aromatic N) is 4. The summed E-state index contributed by atoms with van der Waals surface area (Å²) in [5, 5.41) is 9.74. The van der Waals surface area contributed by atoms with Crippen molar-refractivity contribution >= 4 is 21.5 Å². The zero-order valence-corrected chi connectivity index (χ0v) is 18.2. The van der Waals surface area contributed by atoms with Gasteiger partial charge < -0.3 is 9.64 Å². The van der Waals surface area contributed by atoms with Crippen LogP contribution in [0.5, 0.6) is 5.75 Å². The first-order valence-electron chi connectivity index (χ1n) is 9.58. The molecule has 1 atom stereocenters. The highest BCUT2D eigenvalue weighted by Gasteiger charge is 2.36. The third-order valence-corrected chi connectivity index (χ3v) is 6.11. The summed E-state index contributed by atoms with van der Waals surface area (Å²) in [6, 6.07) is 9.39. The number of halogens is 3. The van der Waals surface area contributed by atoms with E-state index in [4.69, 9.17) is 4.74 Å². The molecule has 0 saturated carbocycles. The second-order valence-electron chi connectivity index (χ2n) is 7.21. The molecule has 1 N–H and O–H groups in total. The molecule has 34 heavy (non-hydrogen) atoms. The Balaban J connectivity index is 2.01. The maximum Gasteiger partial charge on any atom is 0.416 e. The van der Waals surface area contributed by atoms with E-state index in [0.717, 1.165) is 24.3 Å². The highest BCUT2D eigenvalue weighted by molar-refractivity contribution is 7.85. The lowest BCUT2D eigenvalue weighted by Gasteiger charge is -2.36. The molecule has 0 bridgehead atoms. The van der Waals surface area contributed by atoms with Gasteiger partial charge >= 0.3 is 6.18 Å². The van der Waals surface area contributed by atoms with Gasteiger partial charge in [-0.05, 0) is 35.9 Å². The normalized spacial score (nSPS) is 15.8. The number of aromatic nitrogens is 2. The van der Waals surface area contributed by atoms with Crippen LogP contribution in [-0.4, -0.2) is 30.0 Å². The number of allylic oxidation sites excluding steroid dienone is 1. The lowest BCUT2D eigenvalue weighted by atomic mass is 9.86. The molecule has 0 saturated heterocycles. The van der Waals surface area contributed by atoms with Crippen molar-refractivity contribution in [2.75, 3.05) is 12.0 Å². The molecule has 2 aromatic carbocycles. The Labute approximate surface area is 192 Å². The molecule has 1 aromatic heterocycles. The Bertz CT molecular complexity index is 1430. The maximum atomic E-state index is 13.3. The monoisotopic (exact) mass is 488 g/mol. The summed E-state index contributed by atoms with van der Waals surface area (Å²) in [6.07, 6.45) is -0.464. The summed E-state index contributed by atoms with van der Waals surface area (Å²) in [5.74, 6) is 0.261. The summed E-state index contributed by atoms with van der Waals surface area (Å²) in [6.45, 7) is 0. The van der Waals surface area contributed by atoms with E-state index in [2.05, 4.69) is 9.97 Å². The van der Waals surface area contributed by atoms with Crippen LogP contribution in [0.2, 0.25) is 0 Å². The van der Waals surface area contributed by atoms with Gasteiger partial charge in [-0.3, -0.25) is 4.55 Å². The number of hydrogen-bond donors (Lipinski definition) is 1. The van der Waals surface area contributed by atoms with Gasteiger partial charge in [0.05, 0.1) is 29.2 Å². The van der Waals surface area contributed by atoms with Crippen molar-refractivity contribution in [3.05, 3.63) is 83.4 Å². The third kappa shape index (κ3) is 4.18. The van der Waals surface area contributed by atoms with E-state index >= 15 is 0 Å². The summed E-state index contributed by atoms with van der Waals surface area (Å²) >= 11 is 0. The Morgan fingerprint density at radius 2 is 1.88 bits per heavy atom. The molecule has 8 nitrogen and oxygen atoms in total. The summed E-state index contributed by atoms with van der Waals surface area (Å²) in [7, 11) is -3.34. The first-order valence-corrected chi connectivity index (χ1v) is 11.0. The second-order valence-corrected chi connectivity index (χ2v) is 8.63. The molecule has 3 aromatic rings. The first kappa shape index (κ1) is 23.2. The number of rotatable bonds is 4. The van der Waals surface area contributed by atoms with Gasteiger partial charge in [-0.15, -0.1) is 0 Å². The molecule has 174 valence electrons. The smallest absolute Gasteiger partial charge is 0.416 e. The van der Waals surface area contributed by atoms with Gasteiger partial charge in [0.2, 0.25) is 0 Å². The van der Waals surface area contributed by atoms with E-state index in [0.29, 0.717) is 16.9 Å². The van der Waals surface area contributed by atoms with Crippen LogP contribution in [0.4, 0.5) is 19.0 Å². The van der Waals surface area contributed by atoms with E-state index in [1.807, 2.05) is 6.07 Å². The number of fused-ring (bicyclic) bond motifs is 1. The van der Waals surface area contributed by atoms with Gasteiger partial charge in [0.25, 0.3) is 10.1 Å². The van der Waals surface area contributed by atoms with Crippen LogP contribution in [-0.2, 0) is 16.3 Å². The van der Waals surface area contributed by atoms with Crippen molar-refractivity contribution in [1.82, 2.24) is 9.97 Å². The number of anilines is 1. The maximum absolute atomic E-state index is 13.3. The Morgan fingerprint density at radius 3 is 2.47 bits per heavy atom. The standard InChI is InChI=1S/C22H15F3N4O4S/c1-33-19-8-14(22(23,24)25)2-4-17(19)21-16-5-3-15(34(30,31)32)9-18(16)13(10-26)11-29(21)20-6-7-27-12-28-20/h2-9,11-12,21H,1H3,(H,30,31,32). The molecule has 1 aliphatic heterocycles. The number of methoxy groups -OCH3 is 1. The van der Waals surface area contributed by atoms with Crippen LogP contribution in [0.15, 0.2) is 66.1 Å². The minimum atomic E-state index is -4.60. The highest BCUT2D eigenvalue weighted by Crippen LogP contribution is 2.45. The van der Waals surface area contributed by atoms with Gasteiger partial charge in [-0.2, -0.15) is 26.9 Å². The largest absolute Gasteiger partial charge is 0.496 e. The first-order chi connectivity index (χ1) is 16.0. The van der Waals surface area contributed by atoms with Crippen molar-refractivity contribution in [1.29, 1.82) is 5.26 Å². The van der Waals surface area contributed by atoms with E-state index in [1.54, 1.807) is 11.0 Å². The Kier molecular flexibility index (Phi) is 5.76. The van der Waals surface area contributed by atoms with Crippen molar-refractivity contribution < 1.29 is 30.9 Å². The minimum absolute atomic E-state index is 0.0567. The fourth-order valence-corrected chi connectivity index (χ4v) is 4.26. The number of hydrogen-bond acceptors (Lipinski definition) is 7. The summed E-state index contributed by atoms with van der Waals surface area (Å²) < 4.78 is 78.0. The second kappa shape index (κ2) is 8.44. The van der Waals surface area contributed by atoms with Gasteiger partial charge in [0, 0.05) is 23.5 Å². The molecular weight excluding hydrogens is 473 g/mol. The molecule has 0 spiro atoms. The molecule has 0 aliphatic carbocycles. The molecular formula is C22H15F3N4O4S. The molecule has 12 heteroatoms. The average molecular weight is 488 g/mol. The predicted octanol–water partition coefficient (Wildman–Crippen LogP) is 4.22. The predicted molar refractivity (Wildman–Crippen MR) is 114 cm³/mol. The molecule has 0 fully saturated rings. The molecule has 4 rings (SSSR count). The van der Waals surface area contributed by atoms with Gasteiger partial charge in [-0.25, -0.2) is 9.97 Å². The summed E-state index contributed by atoms with van der Waals surface area (Å²) in [5.41, 5.74) is 0.0372. The van der Waals surface area contributed by atoms with Gasteiger partial charge in [-0.1, -0.05) is 12.1 Å². The van der Waals surface area contributed by atoms with Crippen LogP contribution in [0.25, 0.3) is 5.57 Å². The highest BCUT2D eigenvalue weighted by atomic mass is 32.2. The number of benzene rings is 2. The van der Waals surface area contributed by atoms with Crippen molar-refractivity contribution in [3.63, 3.8) is 0 Å². The molecule has 0 amide bonds. The van der Waals surface area contributed by atoms with E-state index in [-0.39, 0.29) is 16.9 Å². The minimum Gasteiger partial charge on any atom is -0.496 e. The van der Waals surface area contributed by atoms with Crippen LogP contribution in [0.1, 0.15) is 28.3 Å². The Hall–Kier alpha value is -3.95. The lowest BCUT2D eigenvalue weighted by Crippen LogP contribution is -2.30. The van der Waals surface area contributed by atoms with Crippen molar-refractivity contribution in [2.45, 2.75) is 17.1 Å². The number of alkyl halides is 3. The third-order valence-electron chi connectivity index (χ3n) is 5.26. The van der Waals surface area contributed by atoms with E-state index in [1.165, 1.54) is 38.0 Å². The molecule has 0 radical (unpaired) electrons. The SMILES string of the molecule is COc1cc(C(F)(F)F)ccc1C1c2ccc(S(=O)(=O)O)cc2C(C#N)=CN1c1ccncn1. The fourth-order valence-electron chi connectivity index (χ4n) is 3.76. The summed E-state index contributed by atoms with van der Waals surface area (Å²) in [4.78, 5) is 9.18. The lowest BCUT2D eigenvalue weighted by molar-refractivity contribution is -0.137. The zero-order valence-electron chi connectivity index (χ0n) is 17.4. The van der Waals surface area contributed by atoms with Crippen molar-refractivity contribution in [2.24, 2.45) is 0 Å². The van der Waals surface area contributed by atoms with E-state index < -0.39 is 32.8 Å². The average Bonchev–Trinajstić information content (AvgIpc) is 2.81.